The molecule has 1 N–H and O–H groups in total. The van der Waals surface area contributed by atoms with Crippen molar-refractivity contribution < 1.29 is 4.39 Å². The van der Waals surface area contributed by atoms with Crippen molar-refractivity contribution in [3.8, 4) is 0 Å². The molecule has 0 radical (unpaired) electrons. The molecule has 15 heavy (non-hydrogen) atoms. The third-order valence-corrected chi connectivity index (χ3v) is 2.46. The van der Waals surface area contributed by atoms with E-state index in [2.05, 4.69) is 24.1 Å². The Morgan fingerprint density at radius 2 is 2.13 bits per heavy atom. The SMILES string of the molecule is CC(C)NCCC(C)c1ccncc1F. The fourth-order valence-electron chi connectivity index (χ4n) is 1.53. The molecular weight excluding hydrogens is 191 g/mol. The number of halogens is 1. The van der Waals surface area contributed by atoms with Crippen LogP contribution in [0.4, 0.5) is 4.39 Å². The molecule has 0 fully saturated rings. The molecule has 0 spiro atoms. The fraction of sp³-hybridized carbons (Fsp3) is 0.583. The Morgan fingerprint density at radius 3 is 2.73 bits per heavy atom. The summed E-state index contributed by atoms with van der Waals surface area (Å²) in [5.41, 5.74) is 0.760. The number of pyridine rings is 1. The predicted molar refractivity (Wildman–Crippen MR) is 60.4 cm³/mol. The minimum absolute atomic E-state index is 0.199. The van der Waals surface area contributed by atoms with Crippen molar-refractivity contribution in [3.05, 3.63) is 29.8 Å². The topological polar surface area (TPSA) is 24.9 Å². The number of rotatable bonds is 5. The van der Waals surface area contributed by atoms with E-state index in [1.54, 1.807) is 12.3 Å². The van der Waals surface area contributed by atoms with Crippen LogP contribution >= 0.6 is 0 Å². The number of hydrogen-bond acceptors (Lipinski definition) is 2. The molecule has 1 atom stereocenters. The molecule has 0 aliphatic rings. The van der Waals surface area contributed by atoms with Crippen LogP contribution in [0.5, 0.6) is 0 Å². The lowest BCUT2D eigenvalue weighted by Crippen LogP contribution is -2.24. The Labute approximate surface area is 90.9 Å². The molecule has 0 aliphatic heterocycles. The van der Waals surface area contributed by atoms with Crippen LogP contribution in [0.15, 0.2) is 18.5 Å². The Hall–Kier alpha value is -0.960. The molecule has 84 valence electrons. The highest BCUT2D eigenvalue weighted by molar-refractivity contribution is 5.17. The van der Waals surface area contributed by atoms with Gasteiger partial charge in [-0.15, -0.1) is 0 Å². The summed E-state index contributed by atoms with van der Waals surface area (Å²) in [4.78, 5) is 3.75. The third kappa shape index (κ3) is 3.96. The van der Waals surface area contributed by atoms with E-state index in [1.165, 1.54) is 6.20 Å². The van der Waals surface area contributed by atoms with Crippen LogP contribution in [-0.4, -0.2) is 17.6 Å². The summed E-state index contributed by atoms with van der Waals surface area (Å²) in [5.74, 6) is 0.0359. The second-order valence-electron chi connectivity index (χ2n) is 4.20. The maximum absolute atomic E-state index is 13.3. The van der Waals surface area contributed by atoms with Crippen molar-refractivity contribution >= 4 is 0 Å². The van der Waals surface area contributed by atoms with Gasteiger partial charge in [0.2, 0.25) is 0 Å². The standard InChI is InChI=1S/C12H19FN2/c1-9(2)15-7-4-10(3)11-5-6-14-8-12(11)13/h5-6,8-10,15H,4,7H2,1-3H3. The van der Waals surface area contributed by atoms with E-state index in [9.17, 15) is 4.39 Å². The molecule has 0 saturated carbocycles. The summed E-state index contributed by atoms with van der Waals surface area (Å²) in [5, 5.41) is 3.33. The van der Waals surface area contributed by atoms with Gasteiger partial charge in [0, 0.05) is 12.2 Å². The molecule has 1 aromatic rings. The Kier molecular flexibility index (Phi) is 4.69. The van der Waals surface area contributed by atoms with Gasteiger partial charge in [-0.3, -0.25) is 4.98 Å². The first-order valence-electron chi connectivity index (χ1n) is 5.44. The van der Waals surface area contributed by atoms with Crippen LogP contribution in [0, 0.1) is 5.82 Å². The predicted octanol–water partition coefficient (Wildman–Crippen LogP) is 2.71. The number of hydrogen-bond donors (Lipinski definition) is 1. The van der Waals surface area contributed by atoms with Crippen molar-refractivity contribution in [2.45, 2.75) is 39.2 Å². The van der Waals surface area contributed by atoms with Gasteiger partial charge < -0.3 is 5.32 Å². The lowest BCUT2D eigenvalue weighted by atomic mass is 9.98. The zero-order chi connectivity index (χ0) is 11.3. The minimum Gasteiger partial charge on any atom is -0.315 e. The first-order valence-corrected chi connectivity index (χ1v) is 5.44. The smallest absolute Gasteiger partial charge is 0.144 e. The molecule has 1 unspecified atom stereocenters. The summed E-state index contributed by atoms with van der Waals surface area (Å²) in [6, 6.07) is 2.24. The van der Waals surface area contributed by atoms with E-state index >= 15 is 0 Å². The Morgan fingerprint density at radius 1 is 1.40 bits per heavy atom. The largest absolute Gasteiger partial charge is 0.315 e. The van der Waals surface area contributed by atoms with Gasteiger partial charge in [-0.05, 0) is 30.5 Å². The Bertz CT molecular complexity index is 299. The van der Waals surface area contributed by atoms with Crippen LogP contribution in [0.2, 0.25) is 0 Å². The first-order chi connectivity index (χ1) is 7.11. The van der Waals surface area contributed by atoms with E-state index in [1.807, 2.05) is 6.92 Å². The molecule has 1 aromatic heterocycles. The summed E-state index contributed by atoms with van der Waals surface area (Å²) in [6.07, 6.45) is 3.87. The molecule has 0 aromatic carbocycles. The highest BCUT2D eigenvalue weighted by Crippen LogP contribution is 2.20. The second kappa shape index (κ2) is 5.81. The molecular formula is C12H19FN2. The van der Waals surface area contributed by atoms with Crippen molar-refractivity contribution in [3.63, 3.8) is 0 Å². The van der Waals surface area contributed by atoms with E-state index in [-0.39, 0.29) is 11.7 Å². The van der Waals surface area contributed by atoms with Gasteiger partial charge in [-0.25, -0.2) is 4.39 Å². The number of nitrogens with zero attached hydrogens (tertiary/aromatic N) is 1. The van der Waals surface area contributed by atoms with Gasteiger partial charge in [-0.2, -0.15) is 0 Å². The van der Waals surface area contributed by atoms with Gasteiger partial charge in [-0.1, -0.05) is 20.8 Å². The molecule has 0 aliphatic carbocycles. The first kappa shape index (κ1) is 12.1. The summed E-state index contributed by atoms with van der Waals surface area (Å²) >= 11 is 0. The van der Waals surface area contributed by atoms with E-state index < -0.39 is 0 Å². The van der Waals surface area contributed by atoms with E-state index in [0.717, 1.165) is 18.5 Å². The van der Waals surface area contributed by atoms with Gasteiger partial charge in [0.05, 0.1) is 6.20 Å². The Balaban J connectivity index is 2.47. The van der Waals surface area contributed by atoms with Crippen LogP contribution in [0.3, 0.4) is 0 Å². The van der Waals surface area contributed by atoms with Crippen molar-refractivity contribution in [2.24, 2.45) is 0 Å². The van der Waals surface area contributed by atoms with Crippen molar-refractivity contribution in [2.75, 3.05) is 6.54 Å². The molecule has 3 heteroatoms. The van der Waals surface area contributed by atoms with Crippen molar-refractivity contribution in [1.29, 1.82) is 0 Å². The van der Waals surface area contributed by atoms with E-state index in [4.69, 9.17) is 0 Å². The quantitative estimate of drug-likeness (QED) is 0.808. The maximum atomic E-state index is 13.3. The number of nitrogens with one attached hydrogen (secondary N) is 1. The molecule has 0 saturated heterocycles. The molecule has 0 amide bonds. The highest BCUT2D eigenvalue weighted by Gasteiger charge is 2.10. The van der Waals surface area contributed by atoms with Crippen LogP contribution in [0.25, 0.3) is 0 Å². The van der Waals surface area contributed by atoms with Crippen LogP contribution in [-0.2, 0) is 0 Å². The van der Waals surface area contributed by atoms with Gasteiger partial charge in [0.25, 0.3) is 0 Å². The lowest BCUT2D eigenvalue weighted by Gasteiger charge is -2.14. The molecule has 1 rings (SSSR count). The van der Waals surface area contributed by atoms with Gasteiger partial charge in [0.1, 0.15) is 5.82 Å². The summed E-state index contributed by atoms with van der Waals surface area (Å²) < 4.78 is 13.3. The third-order valence-electron chi connectivity index (χ3n) is 2.46. The molecule has 0 bridgehead atoms. The summed E-state index contributed by atoms with van der Waals surface area (Å²) in [7, 11) is 0. The van der Waals surface area contributed by atoms with Gasteiger partial charge >= 0.3 is 0 Å². The average molecular weight is 210 g/mol. The van der Waals surface area contributed by atoms with E-state index in [0.29, 0.717) is 6.04 Å². The lowest BCUT2D eigenvalue weighted by molar-refractivity contribution is 0.522. The second-order valence-corrected chi connectivity index (χ2v) is 4.20. The van der Waals surface area contributed by atoms with Gasteiger partial charge in [0.15, 0.2) is 0 Å². The monoisotopic (exact) mass is 210 g/mol. The maximum Gasteiger partial charge on any atom is 0.144 e. The van der Waals surface area contributed by atoms with Crippen molar-refractivity contribution in [1.82, 2.24) is 10.3 Å². The molecule has 2 nitrogen and oxygen atoms in total. The number of aromatic nitrogens is 1. The van der Waals surface area contributed by atoms with Crippen LogP contribution < -0.4 is 5.32 Å². The fourth-order valence-corrected chi connectivity index (χ4v) is 1.53. The van der Waals surface area contributed by atoms with Crippen LogP contribution in [0.1, 0.15) is 38.7 Å². The minimum atomic E-state index is -0.199. The zero-order valence-electron chi connectivity index (χ0n) is 9.63. The zero-order valence-corrected chi connectivity index (χ0v) is 9.63. The molecule has 1 heterocycles. The normalized spacial score (nSPS) is 13.1. The highest BCUT2D eigenvalue weighted by atomic mass is 19.1. The average Bonchev–Trinajstić information content (AvgIpc) is 2.17. The summed E-state index contributed by atoms with van der Waals surface area (Å²) in [6.45, 7) is 7.18.